The van der Waals surface area contributed by atoms with Crippen LogP contribution in [-0.4, -0.2) is 37.1 Å². The third-order valence-electron chi connectivity index (χ3n) is 5.12. The van der Waals surface area contributed by atoms with Gasteiger partial charge in [0.15, 0.2) is 5.13 Å². The van der Waals surface area contributed by atoms with E-state index in [4.69, 9.17) is 0 Å². The van der Waals surface area contributed by atoms with Crippen molar-refractivity contribution in [2.75, 3.05) is 31.1 Å². The van der Waals surface area contributed by atoms with Crippen LogP contribution in [0, 0.1) is 5.82 Å². The molecule has 0 spiro atoms. The molecule has 0 aliphatic heterocycles. The lowest BCUT2D eigenvalue weighted by Gasteiger charge is -2.23. The lowest BCUT2D eigenvalue weighted by Crippen LogP contribution is -3.12. The Balaban J connectivity index is 1.97. The van der Waals surface area contributed by atoms with Gasteiger partial charge in [-0.1, -0.05) is 36.5 Å². The molecule has 1 N–H and O–H groups in total. The van der Waals surface area contributed by atoms with E-state index >= 15 is 0 Å². The van der Waals surface area contributed by atoms with Gasteiger partial charge < -0.3 is 4.90 Å². The van der Waals surface area contributed by atoms with Crippen LogP contribution in [-0.2, 0) is 6.42 Å². The molecule has 0 atom stereocenters. The largest absolute Gasteiger partial charge is 0.334 e. The van der Waals surface area contributed by atoms with Crippen molar-refractivity contribution in [3.05, 3.63) is 59.4 Å². The van der Waals surface area contributed by atoms with E-state index in [1.54, 1.807) is 17.0 Å². The SMILES string of the molecule is CCc1ccc2nc(N(CC[NH+](CC)CC)C(=O)c3ccccc3F)sc2c1. The topological polar surface area (TPSA) is 37.6 Å². The summed E-state index contributed by atoms with van der Waals surface area (Å²) in [5.74, 6) is -0.832. The molecule has 148 valence electrons. The van der Waals surface area contributed by atoms with Crippen molar-refractivity contribution in [3.8, 4) is 0 Å². The number of nitrogens with zero attached hydrogens (tertiary/aromatic N) is 2. The monoisotopic (exact) mass is 400 g/mol. The summed E-state index contributed by atoms with van der Waals surface area (Å²) in [5.41, 5.74) is 2.20. The van der Waals surface area contributed by atoms with Gasteiger partial charge in [-0.15, -0.1) is 0 Å². The van der Waals surface area contributed by atoms with Crippen molar-refractivity contribution in [1.29, 1.82) is 0 Å². The number of halogens is 1. The highest BCUT2D eigenvalue weighted by Gasteiger charge is 2.24. The second-order valence-corrected chi connectivity index (χ2v) is 7.80. The number of hydrogen-bond donors (Lipinski definition) is 1. The minimum Gasteiger partial charge on any atom is -0.334 e. The fourth-order valence-electron chi connectivity index (χ4n) is 3.23. The number of benzene rings is 2. The summed E-state index contributed by atoms with van der Waals surface area (Å²) in [5, 5.41) is 0.628. The molecule has 1 heterocycles. The van der Waals surface area contributed by atoms with Crippen LogP contribution in [0.3, 0.4) is 0 Å². The van der Waals surface area contributed by atoms with E-state index in [-0.39, 0.29) is 11.5 Å². The van der Waals surface area contributed by atoms with Crippen molar-refractivity contribution in [2.24, 2.45) is 0 Å². The molecule has 0 aliphatic carbocycles. The van der Waals surface area contributed by atoms with E-state index in [9.17, 15) is 9.18 Å². The quantitative estimate of drug-likeness (QED) is 0.628. The first-order chi connectivity index (χ1) is 13.6. The molecule has 0 saturated carbocycles. The van der Waals surface area contributed by atoms with Crippen LogP contribution in [0.15, 0.2) is 42.5 Å². The van der Waals surface area contributed by atoms with Gasteiger partial charge in [0, 0.05) is 0 Å². The molecule has 0 radical (unpaired) electrons. The molecule has 0 bridgehead atoms. The molecule has 3 aromatic rings. The van der Waals surface area contributed by atoms with E-state index in [1.165, 1.54) is 33.9 Å². The zero-order valence-electron chi connectivity index (χ0n) is 16.7. The number of likely N-dealkylation sites (N-methyl/N-ethyl adjacent to an activating group) is 1. The zero-order chi connectivity index (χ0) is 20.1. The van der Waals surface area contributed by atoms with Gasteiger partial charge in [-0.3, -0.25) is 9.69 Å². The van der Waals surface area contributed by atoms with Crippen LogP contribution in [0.5, 0.6) is 0 Å². The molecule has 1 aromatic heterocycles. The van der Waals surface area contributed by atoms with Gasteiger partial charge in [0.1, 0.15) is 5.82 Å². The van der Waals surface area contributed by atoms with Crippen molar-refractivity contribution in [1.82, 2.24) is 4.98 Å². The van der Waals surface area contributed by atoms with Crippen molar-refractivity contribution < 1.29 is 14.1 Å². The highest BCUT2D eigenvalue weighted by Crippen LogP contribution is 2.30. The number of aromatic nitrogens is 1. The van der Waals surface area contributed by atoms with Crippen LogP contribution >= 0.6 is 11.3 Å². The van der Waals surface area contributed by atoms with Crippen LogP contribution in [0.2, 0.25) is 0 Å². The highest BCUT2D eigenvalue weighted by atomic mass is 32.1. The number of fused-ring (bicyclic) bond motifs is 1. The fourth-order valence-corrected chi connectivity index (χ4v) is 4.28. The lowest BCUT2D eigenvalue weighted by molar-refractivity contribution is -0.894. The number of nitrogens with one attached hydrogen (secondary N) is 1. The fraction of sp³-hybridized carbons (Fsp3) is 0.364. The van der Waals surface area contributed by atoms with Crippen molar-refractivity contribution >= 4 is 32.6 Å². The number of quaternary nitrogens is 1. The molecule has 4 nitrogen and oxygen atoms in total. The van der Waals surface area contributed by atoms with E-state index in [2.05, 4.69) is 37.9 Å². The molecule has 2 aromatic carbocycles. The third-order valence-corrected chi connectivity index (χ3v) is 6.16. The Labute approximate surface area is 169 Å². The normalized spacial score (nSPS) is 11.3. The zero-order valence-corrected chi connectivity index (χ0v) is 17.5. The number of hydrogen-bond acceptors (Lipinski definition) is 3. The van der Waals surface area contributed by atoms with Crippen LogP contribution in [0.4, 0.5) is 9.52 Å². The number of thiazole rings is 1. The average molecular weight is 401 g/mol. The van der Waals surface area contributed by atoms with Crippen molar-refractivity contribution in [2.45, 2.75) is 27.2 Å². The molecule has 3 rings (SSSR count). The van der Waals surface area contributed by atoms with Gasteiger partial charge in [0.05, 0.1) is 42.0 Å². The van der Waals surface area contributed by atoms with Crippen LogP contribution < -0.4 is 9.80 Å². The smallest absolute Gasteiger partial charge is 0.263 e. The molecule has 0 fully saturated rings. The van der Waals surface area contributed by atoms with Gasteiger partial charge in [0.2, 0.25) is 0 Å². The van der Waals surface area contributed by atoms with E-state index in [0.717, 1.165) is 36.3 Å². The van der Waals surface area contributed by atoms with Gasteiger partial charge in [0.25, 0.3) is 5.91 Å². The Bertz CT molecular complexity index is 952. The predicted molar refractivity (Wildman–Crippen MR) is 114 cm³/mol. The second kappa shape index (κ2) is 9.26. The van der Waals surface area contributed by atoms with E-state index < -0.39 is 5.82 Å². The molecule has 0 unspecified atom stereocenters. The van der Waals surface area contributed by atoms with Gasteiger partial charge in [-0.05, 0) is 50.1 Å². The minimum absolute atomic E-state index is 0.0885. The predicted octanol–water partition coefficient (Wildman–Crippen LogP) is 3.57. The first-order valence-electron chi connectivity index (χ1n) is 9.86. The summed E-state index contributed by atoms with van der Waals surface area (Å²) < 4.78 is 15.3. The first-order valence-corrected chi connectivity index (χ1v) is 10.7. The number of rotatable bonds is 8. The summed E-state index contributed by atoms with van der Waals surface area (Å²) in [6.07, 6.45) is 0.951. The second-order valence-electron chi connectivity index (χ2n) is 6.80. The lowest BCUT2D eigenvalue weighted by atomic mass is 10.2. The van der Waals surface area contributed by atoms with Crippen LogP contribution in [0.1, 0.15) is 36.7 Å². The molecule has 28 heavy (non-hydrogen) atoms. The standard InChI is InChI=1S/C22H26FN3OS/c1-4-16-11-12-19-20(15-16)28-22(24-19)26(14-13-25(5-2)6-3)21(27)17-9-7-8-10-18(17)23/h7-12,15H,4-6,13-14H2,1-3H3/p+1. The number of carbonyl (C=O) groups excluding carboxylic acids is 1. The van der Waals surface area contributed by atoms with Gasteiger partial charge in [-0.25, -0.2) is 9.37 Å². The summed E-state index contributed by atoms with van der Waals surface area (Å²) >= 11 is 1.49. The summed E-state index contributed by atoms with van der Waals surface area (Å²) in [6, 6.07) is 12.3. The Morgan fingerprint density at radius 1 is 1.14 bits per heavy atom. The molecular formula is C22H27FN3OS+. The number of aryl methyl sites for hydroxylation is 1. The molecule has 6 heteroatoms. The van der Waals surface area contributed by atoms with Crippen molar-refractivity contribution in [3.63, 3.8) is 0 Å². The highest BCUT2D eigenvalue weighted by molar-refractivity contribution is 7.22. The molecule has 1 amide bonds. The molecule has 0 saturated heterocycles. The number of carbonyl (C=O) groups is 1. The van der Waals surface area contributed by atoms with E-state index in [1.807, 2.05) is 6.07 Å². The Morgan fingerprint density at radius 3 is 2.57 bits per heavy atom. The van der Waals surface area contributed by atoms with Crippen LogP contribution in [0.25, 0.3) is 10.2 Å². The molecule has 0 aliphatic rings. The maximum atomic E-state index is 14.3. The van der Waals surface area contributed by atoms with E-state index in [0.29, 0.717) is 11.7 Å². The first kappa shape index (κ1) is 20.4. The number of amides is 1. The maximum Gasteiger partial charge on any atom is 0.263 e. The Kier molecular flexibility index (Phi) is 6.75. The summed E-state index contributed by atoms with van der Waals surface area (Å²) in [7, 11) is 0. The Hall–Kier alpha value is -2.31. The minimum atomic E-state index is -0.498. The average Bonchev–Trinajstić information content (AvgIpc) is 3.14. The summed E-state index contributed by atoms with van der Waals surface area (Å²) in [4.78, 5) is 20.9. The third kappa shape index (κ3) is 4.39. The Morgan fingerprint density at radius 2 is 1.89 bits per heavy atom. The number of anilines is 1. The maximum absolute atomic E-state index is 14.3. The van der Waals surface area contributed by atoms with Gasteiger partial charge in [-0.2, -0.15) is 0 Å². The summed E-state index contributed by atoms with van der Waals surface area (Å²) in [6.45, 7) is 9.64. The van der Waals surface area contributed by atoms with Gasteiger partial charge >= 0.3 is 0 Å². The molecular weight excluding hydrogens is 373 g/mol.